The van der Waals surface area contributed by atoms with Crippen LogP contribution < -0.4 is 4.90 Å². The summed E-state index contributed by atoms with van der Waals surface area (Å²) in [4.78, 5) is 2.40. The van der Waals surface area contributed by atoms with Crippen LogP contribution in [0.4, 0.5) is 17.1 Å². The van der Waals surface area contributed by atoms with Crippen molar-refractivity contribution in [2.75, 3.05) is 4.90 Å². The van der Waals surface area contributed by atoms with E-state index in [2.05, 4.69) is 231 Å². The summed E-state index contributed by atoms with van der Waals surface area (Å²) in [6.45, 7) is 4.76. The molecule has 9 aromatic rings. The van der Waals surface area contributed by atoms with Crippen LogP contribution in [0.25, 0.3) is 66.4 Å². The van der Waals surface area contributed by atoms with Crippen LogP contribution in [0.3, 0.4) is 0 Å². The minimum absolute atomic E-state index is 0.177. The summed E-state index contributed by atoms with van der Waals surface area (Å²) in [5.74, 6) is 0. The van der Waals surface area contributed by atoms with Gasteiger partial charge in [-0.2, -0.15) is 0 Å². The van der Waals surface area contributed by atoms with Gasteiger partial charge in [-0.25, -0.2) is 0 Å². The topological polar surface area (TPSA) is 3.24 Å². The quantitative estimate of drug-likeness (QED) is 0.159. The lowest BCUT2D eigenvalue weighted by Crippen LogP contribution is -2.16. The van der Waals surface area contributed by atoms with Crippen LogP contribution in [0, 0.1) is 0 Å². The molecule has 0 spiro atoms. The molecule has 0 unspecified atom stereocenters. The molecule has 0 heterocycles. The number of fused-ring (bicyclic) bond motifs is 4. The van der Waals surface area contributed by atoms with Gasteiger partial charge < -0.3 is 4.90 Å². The molecule has 266 valence electrons. The second-order valence-corrected chi connectivity index (χ2v) is 15.4. The third-order valence-electron chi connectivity index (χ3n) is 11.7. The second kappa shape index (κ2) is 13.7. The molecule has 0 saturated carbocycles. The average molecular weight is 716 g/mol. The van der Waals surface area contributed by atoms with Crippen molar-refractivity contribution in [3.05, 3.63) is 223 Å². The molecule has 9 aromatic carbocycles. The van der Waals surface area contributed by atoms with Crippen molar-refractivity contribution in [2.24, 2.45) is 0 Å². The van der Waals surface area contributed by atoms with E-state index < -0.39 is 0 Å². The highest BCUT2D eigenvalue weighted by molar-refractivity contribution is 5.90. The molecule has 0 bridgehead atoms. The molecule has 10 rings (SSSR count). The van der Waals surface area contributed by atoms with Crippen LogP contribution in [0.5, 0.6) is 0 Å². The number of hydrogen-bond donors (Lipinski definition) is 0. The summed E-state index contributed by atoms with van der Waals surface area (Å²) in [7, 11) is 0. The molecular formula is C55H41N. The van der Waals surface area contributed by atoms with Crippen molar-refractivity contribution in [1.82, 2.24) is 0 Å². The maximum atomic E-state index is 2.42. The monoisotopic (exact) mass is 715 g/mol. The minimum Gasteiger partial charge on any atom is -0.310 e. The summed E-state index contributed by atoms with van der Waals surface area (Å²) in [6.07, 6.45) is 0. The summed E-state index contributed by atoms with van der Waals surface area (Å²) in [5.41, 5.74) is 18.3. The molecule has 0 amide bonds. The van der Waals surface area contributed by atoms with Crippen LogP contribution in [0.15, 0.2) is 212 Å². The maximum absolute atomic E-state index is 2.42. The van der Waals surface area contributed by atoms with E-state index in [0.717, 1.165) is 17.1 Å². The third-order valence-corrected chi connectivity index (χ3v) is 11.7. The van der Waals surface area contributed by atoms with Crippen LogP contribution in [0.1, 0.15) is 25.0 Å². The Labute approximate surface area is 329 Å². The fourth-order valence-corrected chi connectivity index (χ4v) is 8.61. The molecule has 1 aliphatic carbocycles. The minimum atomic E-state index is -0.177. The SMILES string of the molecule is CC1(C)c2cc(-c3ccc4ccccc4c3)ccc2-c2ccc(N(c3ccc(-c4ccccc4)cc3)c3ccc(-c4cccc(-c5ccccc5)c4)cc3)cc21. The molecule has 0 atom stereocenters. The zero-order valence-corrected chi connectivity index (χ0v) is 31.7. The lowest BCUT2D eigenvalue weighted by atomic mass is 9.81. The number of nitrogens with zero attached hydrogens (tertiary/aromatic N) is 1. The van der Waals surface area contributed by atoms with Gasteiger partial charge in [0.1, 0.15) is 0 Å². The van der Waals surface area contributed by atoms with Crippen molar-refractivity contribution in [1.29, 1.82) is 0 Å². The summed E-state index contributed by atoms with van der Waals surface area (Å²) >= 11 is 0. The van der Waals surface area contributed by atoms with E-state index in [1.54, 1.807) is 0 Å². The van der Waals surface area contributed by atoms with Gasteiger partial charge in [-0.15, -0.1) is 0 Å². The van der Waals surface area contributed by atoms with Gasteiger partial charge in [0, 0.05) is 22.5 Å². The highest BCUT2D eigenvalue weighted by atomic mass is 15.1. The molecule has 0 fully saturated rings. The van der Waals surface area contributed by atoms with Gasteiger partial charge in [-0.05, 0) is 132 Å². The van der Waals surface area contributed by atoms with Gasteiger partial charge in [0.15, 0.2) is 0 Å². The smallest absolute Gasteiger partial charge is 0.0465 e. The average Bonchev–Trinajstić information content (AvgIpc) is 3.49. The van der Waals surface area contributed by atoms with E-state index in [-0.39, 0.29) is 5.41 Å². The predicted octanol–water partition coefficient (Wildman–Crippen LogP) is 15.3. The molecule has 0 aromatic heterocycles. The highest BCUT2D eigenvalue weighted by Gasteiger charge is 2.36. The van der Waals surface area contributed by atoms with E-state index >= 15 is 0 Å². The zero-order valence-electron chi connectivity index (χ0n) is 31.7. The van der Waals surface area contributed by atoms with Crippen molar-refractivity contribution in [3.8, 4) is 55.6 Å². The first kappa shape index (κ1) is 33.6. The van der Waals surface area contributed by atoms with E-state index in [1.807, 2.05) is 0 Å². The van der Waals surface area contributed by atoms with E-state index in [4.69, 9.17) is 0 Å². The fourth-order valence-electron chi connectivity index (χ4n) is 8.61. The second-order valence-electron chi connectivity index (χ2n) is 15.4. The van der Waals surface area contributed by atoms with Gasteiger partial charge in [-0.1, -0.05) is 172 Å². The van der Waals surface area contributed by atoms with E-state index in [0.29, 0.717) is 0 Å². The molecule has 0 saturated heterocycles. The fraction of sp³-hybridized carbons (Fsp3) is 0.0545. The first-order chi connectivity index (χ1) is 27.5. The summed E-state index contributed by atoms with van der Waals surface area (Å²) < 4.78 is 0. The van der Waals surface area contributed by atoms with Crippen LogP contribution in [-0.2, 0) is 5.41 Å². The van der Waals surface area contributed by atoms with Gasteiger partial charge >= 0.3 is 0 Å². The van der Waals surface area contributed by atoms with Gasteiger partial charge in [0.25, 0.3) is 0 Å². The molecule has 0 radical (unpaired) electrons. The molecule has 1 nitrogen and oxygen atoms in total. The maximum Gasteiger partial charge on any atom is 0.0465 e. The van der Waals surface area contributed by atoms with Crippen molar-refractivity contribution in [3.63, 3.8) is 0 Å². The van der Waals surface area contributed by atoms with Gasteiger partial charge in [0.2, 0.25) is 0 Å². The Morgan fingerprint density at radius 3 is 1.34 bits per heavy atom. The van der Waals surface area contributed by atoms with Crippen molar-refractivity contribution >= 4 is 27.8 Å². The number of anilines is 3. The Kier molecular flexibility index (Phi) is 8.23. The van der Waals surface area contributed by atoms with Crippen LogP contribution >= 0.6 is 0 Å². The molecule has 1 aliphatic rings. The standard InChI is InChI=1S/C55H41N/c1-55(2)53-36-47(46-21-20-40-16-9-10-17-43(40)35-46)26-32-51(53)52-33-31-50(37-54(52)55)56(48-27-22-41(23-28-48)38-12-5-3-6-13-38)49-29-24-42(25-30-49)45-19-11-18-44(34-45)39-14-7-4-8-15-39/h3-37H,1-2H3. The highest BCUT2D eigenvalue weighted by Crippen LogP contribution is 2.52. The lowest BCUT2D eigenvalue weighted by molar-refractivity contribution is 0.660. The summed E-state index contributed by atoms with van der Waals surface area (Å²) in [5, 5.41) is 2.53. The summed E-state index contributed by atoms with van der Waals surface area (Å²) in [6, 6.07) is 77.6. The third kappa shape index (κ3) is 5.99. The van der Waals surface area contributed by atoms with Crippen molar-refractivity contribution in [2.45, 2.75) is 19.3 Å². The Morgan fingerprint density at radius 1 is 0.286 bits per heavy atom. The number of hydrogen-bond acceptors (Lipinski definition) is 1. The van der Waals surface area contributed by atoms with Crippen LogP contribution in [0.2, 0.25) is 0 Å². The van der Waals surface area contributed by atoms with Gasteiger partial charge in [0.05, 0.1) is 0 Å². The Morgan fingerprint density at radius 2 is 0.696 bits per heavy atom. The molecule has 0 N–H and O–H groups in total. The predicted molar refractivity (Wildman–Crippen MR) is 238 cm³/mol. The Hall–Kier alpha value is -6.96. The van der Waals surface area contributed by atoms with Gasteiger partial charge in [-0.3, -0.25) is 0 Å². The molecular weight excluding hydrogens is 675 g/mol. The Balaban J connectivity index is 1.04. The molecule has 1 heteroatoms. The first-order valence-corrected chi connectivity index (χ1v) is 19.5. The zero-order chi connectivity index (χ0) is 37.6. The number of benzene rings is 9. The van der Waals surface area contributed by atoms with E-state index in [9.17, 15) is 0 Å². The molecule has 0 aliphatic heterocycles. The lowest BCUT2D eigenvalue weighted by Gasteiger charge is -2.28. The Bertz CT molecular complexity index is 2850. The van der Waals surface area contributed by atoms with Crippen molar-refractivity contribution < 1.29 is 0 Å². The molecule has 56 heavy (non-hydrogen) atoms. The largest absolute Gasteiger partial charge is 0.310 e. The normalized spacial score (nSPS) is 12.6. The first-order valence-electron chi connectivity index (χ1n) is 19.5. The number of rotatable bonds is 7. The van der Waals surface area contributed by atoms with E-state index in [1.165, 1.54) is 77.5 Å². The van der Waals surface area contributed by atoms with Crippen LogP contribution in [-0.4, -0.2) is 0 Å².